The summed E-state index contributed by atoms with van der Waals surface area (Å²) in [4.78, 5) is 10.9. The van der Waals surface area contributed by atoms with Gasteiger partial charge < -0.3 is 18.9 Å². The molecule has 0 fully saturated rings. The Kier molecular flexibility index (Phi) is 10.3. The fourth-order valence-corrected chi connectivity index (χ4v) is 2.52. The van der Waals surface area contributed by atoms with E-state index in [-0.39, 0.29) is 31.3 Å². The number of aryl methyl sites for hydroxylation is 1. The number of hydrogen-bond donors (Lipinski definition) is 0. The van der Waals surface area contributed by atoms with E-state index >= 15 is 0 Å². The number of rotatable bonds is 13. The predicted octanol–water partition coefficient (Wildman–Crippen LogP) is 0.923. The first-order valence-electron chi connectivity index (χ1n) is 7.72. The third-order valence-corrected chi connectivity index (χ3v) is 4.29. The molecule has 0 N–H and O–H groups in total. The molecule has 1 aromatic rings. The topological polar surface area (TPSA) is 97.4 Å². The van der Waals surface area contributed by atoms with Gasteiger partial charge in [0.2, 0.25) is 0 Å². The van der Waals surface area contributed by atoms with E-state index in [1.165, 1.54) is 19.2 Å². The number of ether oxygens (including phenoxy) is 4. The molecule has 0 aliphatic heterocycles. The Hall–Kier alpha value is -1.52. The summed E-state index contributed by atoms with van der Waals surface area (Å²) >= 11 is 0. The van der Waals surface area contributed by atoms with Gasteiger partial charge in [-0.2, -0.15) is 8.42 Å². The molecule has 0 spiro atoms. The van der Waals surface area contributed by atoms with E-state index in [9.17, 15) is 13.2 Å². The quantitative estimate of drug-likeness (QED) is 0.285. The molecule has 0 aliphatic rings. The van der Waals surface area contributed by atoms with Gasteiger partial charge in [0, 0.05) is 0 Å². The summed E-state index contributed by atoms with van der Waals surface area (Å²) in [6.45, 7) is 3.04. The zero-order valence-electron chi connectivity index (χ0n) is 14.4. The van der Waals surface area contributed by atoms with E-state index in [0.717, 1.165) is 5.56 Å². The van der Waals surface area contributed by atoms with Crippen molar-refractivity contribution in [2.24, 2.45) is 0 Å². The first-order valence-corrected chi connectivity index (χ1v) is 9.12. The van der Waals surface area contributed by atoms with Crippen LogP contribution in [0.4, 0.5) is 0 Å². The van der Waals surface area contributed by atoms with Gasteiger partial charge in [-0.25, -0.2) is 4.79 Å². The van der Waals surface area contributed by atoms with E-state index in [4.69, 9.17) is 18.4 Å². The smallest absolute Gasteiger partial charge is 0.331 e. The molecule has 1 aromatic carbocycles. The minimum Gasteiger partial charge on any atom is -0.467 e. The van der Waals surface area contributed by atoms with Crippen molar-refractivity contribution in [3.8, 4) is 0 Å². The molecule has 0 aliphatic carbocycles. The highest BCUT2D eigenvalue weighted by molar-refractivity contribution is 7.86. The van der Waals surface area contributed by atoms with Crippen molar-refractivity contribution in [2.45, 2.75) is 11.8 Å². The van der Waals surface area contributed by atoms with Crippen molar-refractivity contribution in [1.82, 2.24) is 0 Å². The van der Waals surface area contributed by atoms with Crippen LogP contribution in [0.2, 0.25) is 0 Å². The molecule has 0 saturated heterocycles. The maximum atomic E-state index is 11.9. The highest BCUT2D eigenvalue weighted by Gasteiger charge is 2.14. The van der Waals surface area contributed by atoms with Gasteiger partial charge >= 0.3 is 5.97 Å². The first-order chi connectivity index (χ1) is 12.0. The molecular weight excluding hydrogens is 352 g/mol. The molecule has 0 unspecified atom stereocenters. The molecule has 142 valence electrons. The Balaban J connectivity index is 2.01. The minimum absolute atomic E-state index is 0.0710. The van der Waals surface area contributed by atoms with E-state index in [1.54, 1.807) is 12.1 Å². The Bertz CT molecular complexity index is 597. The van der Waals surface area contributed by atoms with Crippen LogP contribution in [0.5, 0.6) is 0 Å². The second-order valence-corrected chi connectivity index (χ2v) is 6.56. The standard InChI is InChI=1S/C16H24O8S/c1-14-3-5-15(6-4-14)25(18,19)24-12-11-22-8-7-21-9-10-23-13-16(17)20-2/h3-6H,7-13H2,1-2H3. The van der Waals surface area contributed by atoms with E-state index < -0.39 is 16.1 Å². The summed E-state index contributed by atoms with van der Waals surface area (Å²) in [5.74, 6) is -0.441. The molecule has 25 heavy (non-hydrogen) atoms. The summed E-state index contributed by atoms with van der Waals surface area (Å²) in [6.07, 6.45) is 0. The van der Waals surface area contributed by atoms with Gasteiger partial charge in [0.05, 0.1) is 51.6 Å². The van der Waals surface area contributed by atoms with Gasteiger partial charge in [-0.3, -0.25) is 4.18 Å². The molecule has 9 heteroatoms. The summed E-state index contributed by atoms with van der Waals surface area (Å²) in [5.41, 5.74) is 0.970. The lowest BCUT2D eigenvalue weighted by Crippen LogP contribution is -2.16. The predicted molar refractivity (Wildman–Crippen MR) is 88.8 cm³/mol. The minimum atomic E-state index is -3.76. The van der Waals surface area contributed by atoms with Crippen LogP contribution in [0.25, 0.3) is 0 Å². The largest absolute Gasteiger partial charge is 0.467 e. The van der Waals surface area contributed by atoms with Gasteiger partial charge in [0.1, 0.15) is 6.61 Å². The number of benzene rings is 1. The average molecular weight is 376 g/mol. The van der Waals surface area contributed by atoms with Crippen LogP contribution in [0.15, 0.2) is 29.2 Å². The van der Waals surface area contributed by atoms with Crippen molar-refractivity contribution < 1.29 is 36.3 Å². The van der Waals surface area contributed by atoms with Gasteiger partial charge in [0.15, 0.2) is 0 Å². The summed E-state index contributed by atoms with van der Waals surface area (Å²) in [6, 6.07) is 6.42. The van der Waals surface area contributed by atoms with Crippen LogP contribution < -0.4 is 0 Å². The number of carbonyl (C=O) groups excluding carboxylic acids is 1. The van der Waals surface area contributed by atoms with Crippen LogP contribution >= 0.6 is 0 Å². The van der Waals surface area contributed by atoms with Crippen LogP contribution in [-0.2, 0) is 38.0 Å². The molecule has 0 heterocycles. The molecule has 0 aromatic heterocycles. The van der Waals surface area contributed by atoms with Crippen molar-refractivity contribution in [2.75, 3.05) is 53.4 Å². The molecule has 0 radical (unpaired) electrons. The lowest BCUT2D eigenvalue weighted by Gasteiger charge is -2.08. The molecule has 0 amide bonds. The zero-order valence-corrected chi connectivity index (χ0v) is 15.2. The van der Waals surface area contributed by atoms with Crippen LogP contribution in [-0.4, -0.2) is 67.7 Å². The normalized spacial score (nSPS) is 11.4. The molecule has 0 bridgehead atoms. The van der Waals surface area contributed by atoms with Gasteiger partial charge in [-0.05, 0) is 19.1 Å². The van der Waals surface area contributed by atoms with E-state index in [2.05, 4.69) is 4.74 Å². The molecule has 0 atom stereocenters. The number of methoxy groups -OCH3 is 1. The van der Waals surface area contributed by atoms with Crippen LogP contribution in [0, 0.1) is 6.92 Å². The fraction of sp³-hybridized carbons (Fsp3) is 0.562. The monoisotopic (exact) mass is 376 g/mol. The van der Waals surface area contributed by atoms with Crippen LogP contribution in [0.3, 0.4) is 0 Å². The van der Waals surface area contributed by atoms with Crippen molar-refractivity contribution in [3.63, 3.8) is 0 Å². The second kappa shape index (κ2) is 11.9. The fourth-order valence-electron chi connectivity index (χ4n) is 1.63. The third-order valence-electron chi connectivity index (χ3n) is 2.97. The molecule has 8 nitrogen and oxygen atoms in total. The Labute approximate surface area is 148 Å². The summed E-state index contributed by atoms with van der Waals surface area (Å²) in [5, 5.41) is 0. The van der Waals surface area contributed by atoms with Crippen molar-refractivity contribution in [3.05, 3.63) is 29.8 Å². The second-order valence-electron chi connectivity index (χ2n) is 4.94. The first kappa shape index (κ1) is 21.5. The molecule has 0 saturated carbocycles. The summed E-state index contributed by atoms with van der Waals surface area (Å²) < 4.78 is 48.5. The lowest BCUT2D eigenvalue weighted by atomic mass is 10.2. The van der Waals surface area contributed by atoms with Gasteiger partial charge in [0.25, 0.3) is 10.1 Å². The highest BCUT2D eigenvalue weighted by atomic mass is 32.2. The maximum Gasteiger partial charge on any atom is 0.331 e. The van der Waals surface area contributed by atoms with E-state index in [1.807, 2.05) is 6.92 Å². The Morgan fingerprint density at radius 1 is 0.880 bits per heavy atom. The van der Waals surface area contributed by atoms with Gasteiger partial charge in [-0.1, -0.05) is 17.7 Å². The number of hydrogen-bond acceptors (Lipinski definition) is 8. The average Bonchev–Trinajstić information content (AvgIpc) is 2.59. The third kappa shape index (κ3) is 9.51. The zero-order chi connectivity index (χ0) is 18.5. The van der Waals surface area contributed by atoms with Crippen LogP contribution in [0.1, 0.15) is 5.56 Å². The lowest BCUT2D eigenvalue weighted by molar-refractivity contribution is -0.146. The van der Waals surface area contributed by atoms with Crippen molar-refractivity contribution >= 4 is 16.1 Å². The number of carbonyl (C=O) groups is 1. The number of esters is 1. The highest BCUT2D eigenvalue weighted by Crippen LogP contribution is 2.12. The van der Waals surface area contributed by atoms with Crippen molar-refractivity contribution in [1.29, 1.82) is 0 Å². The maximum absolute atomic E-state index is 11.9. The summed E-state index contributed by atoms with van der Waals surface area (Å²) in [7, 11) is -2.47. The molecular formula is C16H24O8S. The van der Waals surface area contributed by atoms with E-state index in [0.29, 0.717) is 19.8 Å². The Morgan fingerprint density at radius 3 is 1.96 bits per heavy atom. The SMILES string of the molecule is COC(=O)COCCOCCOCCOS(=O)(=O)c1ccc(C)cc1. The Morgan fingerprint density at radius 2 is 1.40 bits per heavy atom. The molecule has 1 rings (SSSR count). The van der Waals surface area contributed by atoms with Gasteiger partial charge in [-0.15, -0.1) is 0 Å².